The number of carbonyl (C=O) groups is 1. The molecule has 0 N–H and O–H groups in total. The van der Waals surface area contributed by atoms with Crippen LogP contribution in [-0.4, -0.2) is 15.7 Å². The Morgan fingerprint density at radius 3 is 2.64 bits per heavy atom. The highest BCUT2D eigenvalue weighted by Gasteiger charge is 2.15. The molecule has 0 saturated heterocycles. The Morgan fingerprint density at radius 2 is 1.91 bits per heavy atom. The van der Waals surface area contributed by atoms with E-state index in [4.69, 9.17) is 4.74 Å². The van der Waals surface area contributed by atoms with E-state index in [0.29, 0.717) is 17.0 Å². The SMILES string of the molecule is CC(=O)Oc1ccc(F)cc1-c1ccnn1-c1ccccc1. The second kappa shape index (κ2) is 5.81. The first-order valence-corrected chi connectivity index (χ1v) is 6.73. The van der Waals surface area contributed by atoms with Gasteiger partial charge in [-0.25, -0.2) is 9.07 Å². The summed E-state index contributed by atoms with van der Waals surface area (Å²) >= 11 is 0. The van der Waals surface area contributed by atoms with E-state index < -0.39 is 11.8 Å². The maximum atomic E-state index is 13.6. The average molecular weight is 296 g/mol. The molecule has 0 saturated carbocycles. The van der Waals surface area contributed by atoms with Gasteiger partial charge in [0.1, 0.15) is 11.6 Å². The van der Waals surface area contributed by atoms with Gasteiger partial charge in [0.25, 0.3) is 0 Å². The Morgan fingerprint density at radius 1 is 1.14 bits per heavy atom. The number of hydrogen-bond acceptors (Lipinski definition) is 3. The summed E-state index contributed by atoms with van der Waals surface area (Å²) in [5.74, 6) is -0.572. The van der Waals surface area contributed by atoms with Crippen molar-refractivity contribution in [1.29, 1.82) is 0 Å². The molecule has 3 rings (SSSR count). The second-order valence-electron chi connectivity index (χ2n) is 4.70. The molecule has 5 heteroatoms. The summed E-state index contributed by atoms with van der Waals surface area (Å²) in [6.45, 7) is 1.31. The first-order chi connectivity index (χ1) is 10.6. The van der Waals surface area contributed by atoms with Crippen molar-refractivity contribution < 1.29 is 13.9 Å². The molecule has 22 heavy (non-hydrogen) atoms. The van der Waals surface area contributed by atoms with Crippen LogP contribution in [-0.2, 0) is 4.79 Å². The van der Waals surface area contributed by atoms with E-state index in [1.54, 1.807) is 16.9 Å². The van der Waals surface area contributed by atoms with Crippen molar-refractivity contribution >= 4 is 5.97 Å². The average Bonchev–Trinajstić information content (AvgIpc) is 2.99. The molecular formula is C17H13FN2O2. The molecular weight excluding hydrogens is 283 g/mol. The van der Waals surface area contributed by atoms with Crippen LogP contribution < -0.4 is 4.74 Å². The third-order valence-corrected chi connectivity index (χ3v) is 3.11. The minimum atomic E-state index is -0.460. The number of hydrogen-bond donors (Lipinski definition) is 0. The number of para-hydroxylation sites is 1. The maximum absolute atomic E-state index is 13.6. The van der Waals surface area contributed by atoms with Crippen LogP contribution in [0, 0.1) is 5.82 Å². The third kappa shape index (κ3) is 2.74. The van der Waals surface area contributed by atoms with Gasteiger partial charge in [-0.3, -0.25) is 4.79 Å². The highest BCUT2D eigenvalue weighted by Crippen LogP contribution is 2.32. The number of benzene rings is 2. The predicted molar refractivity (Wildman–Crippen MR) is 80.3 cm³/mol. The summed E-state index contributed by atoms with van der Waals surface area (Å²) in [6, 6.07) is 15.2. The normalized spacial score (nSPS) is 10.5. The van der Waals surface area contributed by atoms with Crippen LogP contribution >= 0.6 is 0 Å². The number of esters is 1. The molecule has 0 atom stereocenters. The van der Waals surface area contributed by atoms with Crippen molar-refractivity contribution in [3.63, 3.8) is 0 Å². The van der Waals surface area contributed by atoms with E-state index in [-0.39, 0.29) is 0 Å². The van der Waals surface area contributed by atoms with E-state index in [0.717, 1.165) is 5.69 Å². The van der Waals surface area contributed by atoms with E-state index in [2.05, 4.69) is 5.10 Å². The van der Waals surface area contributed by atoms with Gasteiger partial charge in [0.2, 0.25) is 0 Å². The number of ether oxygens (including phenoxy) is 1. The molecule has 0 bridgehead atoms. The zero-order chi connectivity index (χ0) is 15.5. The number of nitrogens with zero attached hydrogens (tertiary/aromatic N) is 2. The number of rotatable bonds is 3. The first-order valence-electron chi connectivity index (χ1n) is 6.73. The number of aromatic nitrogens is 2. The third-order valence-electron chi connectivity index (χ3n) is 3.11. The molecule has 2 aromatic carbocycles. The molecule has 1 aromatic heterocycles. The lowest BCUT2D eigenvalue weighted by Gasteiger charge is -2.11. The summed E-state index contributed by atoms with van der Waals surface area (Å²) in [5.41, 5.74) is 1.94. The van der Waals surface area contributed by atoms with E-state index in [9.17, 15) is 9.18 Å². The van der Waals surface area contributed by atoms with Gasteiger partial charge in [-0.05, 0) is 36.4 Å². The molecule has 3 aromatic rings. The lowest BCUT2D eigenvalue weighted by molar-refractivity contribution is -0.131. The molecule has 0 radical (unpaired) electrons. The van der Waals surface area contributed by atoms with E-state index in [1.807, 2.05) is 30.3 Å². The van der Waals surface area contributed by atoms with Gasteiger partial charge in [0.15, 0.2) is 0 Å². The fourth-order valence-electron chi connectivity index (χ4n) is 2.23. The lowest BCUT2D eigenvalue weighted by atomic mass is 10.1. The Kier molecular flexibility index (Phi) is 3.70. The minimum absolute atomic E-state index is 0.298. The van der Waals surface area contributed by atoms with Gasteiger partial charge in [-0.15, -0.1) is 0 Å². The topological polar surface area (TPSA) is 44.1 Å². The Balaban J connectivity index is 2.15. The van der Waals surface area contributed by atoms with E-state index in [1.165, 1.54) is 25.1 Å². The van der Waals surface area contributed by atoms with Crippen molar-refractivity contribution in [1.82, 2.24) is 9.78 Å². The fraction of sp³-hybridized carbons (Fsp3) is 0.0588. The van der Waals surface area contributed by atoms with Gasteiger partial charge in [0, 0.05) is 12.5 Å². The number of halogens is 1. The summed E-state index contributed by atoms with van der Waals surface area (Å²) in [4.78, 5) is 11.2. The minimum Gasteiger partial charge on any atom is -0.426 e. The lowest BCUT2D eigenvalue weighted by Crippen LogP contribution is -2.05. The van der Waals surface area contributed by atoms with Crippen molar-refractivity contribution in [2.24, 2.45) is 0 Å². The van der Waals surface area contributed by atoms with Crippen LogP contribution in [0.4, 0.5) is 4.39 Å². The molecule has 0 aliphatic heterocycles. The molecule has 4 nitrogen and oxygen atoms in total. The maximum Gasteiger partial charge on any atom is 0.308 e. The quantitative estimate of drug-likeness (QED) is 0.548. The van der Waals surface area contributed by atoms with Crippen LogP contribution in [0.3, 0.4) is 0 Å². The zero-order valence-electron chi connectivity index (χ0n) is 11.9. The summed E-state index contributed by atoms with van der Waals surface area (Å²) in [7, 11) is 0. The summed E-state index contributed by atoms with van der Waals surface area (Å²) < 4.78 is 20.5. The fourth-order valence-corrected chi connectivity index (χ4v) is 2.23. The van der Waals surface area contributed by atoms with Crippen LogP contribution in [0.5, 0.6) is 5.75 Å². The molecule has 0 unspecified atom stereocenters. The van der Waals surface area contributed by atoms with Gasteiger partial charge >= 0.3 is 5.97 Å². The summed E-state index contributed by atoms with van der Waals surface area (Å²) in [6.07, 6.45) is 1.62. The highest BCUT2D eigenvalue weighted by molar-refractivity contribution is 5.76. The van der Waals surface area contributed by atoms with Crippen LogP contribution in [0.15, 0.2) is 60.8 Å². The predicted octanol–water partition coefficient (Wildman–Crippen LogP) is 3.60. The second-order valence-corrected chi connectivity index (χ2v) is 4.70. The van der Waals surface area contributed by atoms with Crippen molar-refractivity contribution in [3.8, 4) is 22.7 Å². The molecule has 0 aliphatic rings. The molecule has 0 amide bonds. The highest BCUT2D eigenvalue weighted by atomic mass is 19.1. The monoisotopic (exact) mass is 296 g/mol. The molecule has 0 fully saturated rings. The van der Waals surface area contributed by atoms with Crippen molar-refractivity contribution in [2.45, 2.75) is 6.92 Å². The summed E-state index contributed by atoms with van der Waals surface area (Å²) in [5, 5.41) is 4.27. The smallest absolute Gasteiger partial charge is 0.308 e. The Hall–Kier alpha value is -2.95. The van der Waals surface area contributed by atoms with Gasteiger partial charge < -0.3 is 4.74 Å². The van der Waals surface area contributed by atoms with Crippen LogP contribution in [0.2, 0.25) is 0 Å². The zero-order valence-corrected chi connectivity index (χ0v) is 11.9. The van der Waals surface area contributed by atoms with Crippen LogP contribution in [0.1, 0.15) is 6.92 Å². The van der Waals surface area contributed by atoms with E-state index >= 15 is 0 Å². The molecule has 110 valence electrons. The first kappa shape index (κ1) is 14.0. The molecule has 1 heterocycles. The molecule has 0 spiro atoms. The Labute approximate surface area is 126 Å². The van der Waals surface area contributed by atoms with Crippen molar-refractivity contribution in [3.05, 3.63) is 66.6 Å². The number of carbonyl (C=O) groups excluding carboxylic acids is 1. The van der Waals surface area contributed by atoms with Gasteiger partial charge in [-0.1, -0.05) is 18.2 Å². The largest absolute Gasteiger partial charge is 0.426 e. The van der Waals surface area contributed by atoms with Crippen molar-refractivity contribution in [2.75, 3.05) is 0 Å². The standard InChI is InChI=1S/C17H13FN2O2/c1-12(21)22-17-8-7-13(18)11-15(17)16-9-10-19-20(16)14-5-3-2-4-6-14/h2-11H,1H3. The van der Waals surface area contributed by atoms with Gasteiger partial charge in [-0.2, -0.15) is 5.10 Å². The van der Waals surface area contributed by atoms with Gasteiger partial charge in [0.05, 0.1) is 17.6 Å². The van der Waals surface area contributed by atoms with Crippen LogP contribution in [0.25, 0.3) is 16.9 Å². The Bertz CT molecular complexity index is 813. The molecule has 0 aliphatic carbocycles.